The molecule has 2 aromatic rings. The Morgan fingerprint density at radius 3 is 2.76 bits per heavy atom. The van der Waals surface area contributed by atoms with Crippen LogP contribution in [0.1, 0.15) is 25.8 Å². The number of aryl methyl sites for hydroxylation is 1. The van der Waals surface area contributed by atoms with Crippen molar-refractivity contribution in [1.29, 1.82) is 0 Å². The van der Waals surface area contributed by atoms with Crippen LogP contribution in [0.15, 0.2) is 24.3 Å². The van der Waals surface area contributed by atoms with E-state index < -0.39 is 0 Å². The number of anilines is 1. The second-order valence-electron chi connectivity index (χ2n) is 5.80. The minimum absolute atomic E-state index is 0.137. The molecule has 0 N–H and O–H groups in total. The van der Waals surface area contributed by atoms with E-state index in [1.165, 1.54) is 5.56 Å². The fourth-order valence-electron chi connectivity index (χ4n) is 2.55. The maximum atomic E-state index is 5.88. The van der Waals surface area contributed by atoms with Gasteiger partial charge in [0.1, 0.15) is 0 Å². The monoisotopic (exact) mass is 287 g/mol. The van der Waals surface area contributed by atoms with Crippen molar-refractivity contribution in [2.24, 2.45) is 0 Å². The summed E-state index contributed by atoms with van der Waals surface area (Å²) in [6.45, 7) is 8.66. The maximum absolute atomic E-state index is 5.88. The van der Waals surface area contributed by atoms with Crippen molar-refractivity contribution in [3.8, 4) is 5.69 Å². The Hall–Kier alpha value is -1.95. The lowest BCUT2D eigenvalue weighted by Crippen LogP contribution is -2.50. The number of aromatic nitrogens is 4. The van der Waals surface area contributed by atoms with Gasteiger partial charge in [0.05, 0.1) is 17.9 Å². The predicted octanol–water partition coefficient (Wildman–Crippen LogP) is 1.98. The topological polar surface area (TPSA) is 56.1 Å². The van der Waals surface area contributed by atoms with Gasteiger partial charge in [0.15, 0.2) is 0 Å². The Morgan fingerprint density at radius 1 is 1.29 bits per heavy atom. The first-order chi connectivity index (χ1) is 10.1. The number of hydrogen-bond acceptors (Lipinski definition) is 5. The number of morpholine rings is 1. The predicted molar refractivity (Wildman–Crippen MR) is 80.8 cm³/mol. The summed E-state index contributed by atoms with van der Waals surface area (Å²) < 4.78 is 7.68. The van der Waals surface area contributed by atoms with E-state index in [0.29, 0.717) is 6.61 Å². The fourth-order valence-corrected chi connectivity index (χ4v) is 2.55. The van der Waals surface area contributed by atoms with Crippen LogP contribution in [-0.2, 0) is 4.74 Å². The number of tetrazole rings is 1. The highest BCUT2D eigenvalue weighted by Crippen LogP contribution is 2.25. The van der Waals surface area contributed by atoms with Crippen molar-refractivity contribution in [2.75, 3.05) is 24.6 Å². The quantitative estimate of drug-likeness (QED) is 0.864. The van der Waals surface area contributed by atoms with Crippen LogP contribution in [-0.4, -0.2) is 45.5 Å². The first-order valence-corrected chi connectivity index (χ1v) is 7.36. The molecule has 0 spiro atoms. The second-order valence-corrected chi connectivity index (χ2v) is 5.80. The lowest BCUT2D eigenvalue weighted by Gasteiger charge is -2.40. The van der Waals surface area contributed by atoms with E-state index in [0.717, 1.165) is 31.1 Å². The van der Waals surface area contributed by atoms with Crippen LogP contribution in [0.25, 0.3) is 5.69 Å². The van der Waals surface area contributed by atoms with Crippen molar-refractivity contribution in [3.63, 3.8) is 0 Å². The summed E-state index contributed by atoms with van der Waals surface area (Å²) in [6.07, 6.45) is 0.968. The lowest BCUT2D eigenvalue weighted by molar-refractivity contribution is -0.0446. The smallest absolute Gasteiger partial charge is 0.250 e. The zero-order valence-corrected chi connectivity index (χ0v) is 12.8. The molecule has 1 saturated heterocycles. The summed E-state index contributed by atoms with van der Waals surface area (Å²) in [6, 6.07) is 8.20. The average Bonchev–Trinajstić information content (AvgIpc) is 2.97. The molecule has 1 unspecified atom stereocenters. The van der Waals surface area contributed by atoms with E-state index in [-0.39, 0.29) is 5.60 Å². The molecule has 1 aromatic carbocycles. The SMILES string of the molecule is CCC1(C)CN(c2nnnn2-c2ccc(C)cc2)CCO1. The number of nitrogens with zero attached hydrogens (tertiary/aromatic N) is 5. The summed E-state index contributed by atoms with van der Waals surface area (Å²) in [5, 5.41) is 12.2. The maximum Gasteiger partial charge on any atom is 0.250 e. The Balaban J connectivity index is 1.90. The molecule has 0 bridgehead atoms. The minimum atomic E-state index is -0.137. The number of rotatable bonds is 3. The molecule has 2 heterocycles. The molecule has 21 heavy (non-hydrogen) atoms. The van der Waals surface area contributed by atoms with Crippen molar-refractivity contribution in [3.05, 3.63) is 29.8 Å². The lowest BCUT2D eigenvalue weighted by atomic mass is 10.0. The van der Waals surface area contributed by atoms with Gasteiger partial charge in [0.25, 0.3) is 5.95 Å². The van der Waals surface area contributed by atoms with Crippen LogP contribution in [0.2, 0.25) is 0 Å². The largest absolute Gasteiger partial charge is 0.372 e. The standard InChI is InChI=1S/C15H21N5O/c1-4-15(3)11-19(9-10-21-15)14-16-17-18-20(14)13-7-5-12(2)6-8-13/h5-8H,4,9-11H2,1-3H3. The summed E-state index contributed by atoms with van der Waals surface area (Å²) in [5.41, 5.74) is 2.06. The number of benzene rings is 1. The molecular weight excluding hydrogens is 266 g/mol. The van der Waals surface area contributed by atoms with Crippen LogP contribution < -0.4 is 4.90 Å². The highest BCUT2D eigenvalue weighted by molar-refractivity contribution is 5.42. The fraction of sp³-hybridized carbons (Fsp3) is 0.533. The second kappa shape index (κ2) is 5.44. The van der Waals surface area contributed by atoms with Gasteiger partial charge in [0, 0.05) is 13.1 Å². The molecule has 1 aliphatic heterocycles. The summed E-state index contributed by atoms with van der Waals surface area (Å²) in [4.78, 5) is 2.20. The highest BCUT2D eigenvalue weighted by Gasteiger charge is 2.32. The molecule has 1 aromatic heterocycles. The Labute approximate surface area is 124 Å². The molecule has 3 rings (SSSR count). The third-order valence-corrected chi connectivity index (χ3v) is 4.10. The van der Waals surface area contributed by atoms with E-state index in [1.807, 2.05) is 12.1 Å². The van der Waals surface area contributed by atoms with Crippen molar-refractivity contribution < 1.29 is 4.74 Å². The first kappa shape index (κ1) is 14.0. The Bertz CT molecular complexity index is 609. The number of hydrogen-bond donors (Lipinski definition) is 0. The zero-order chi connectivity index (χ0) is 14.9. The third-order valence-electron chi connectivity index (χ3n) is 4.10. The molecule has 1 atom stereocenters. The Morgan fingerprint density at radius 2 is 2.05 bits per heavy atom. The average molecular weight is 287 g/mol. The zero-order valence-electron chi connectivity index (χ0n) is 12.8. The molecule has 0 aliphatic carbocycles. The molecule has 6 nitrogen and oxygen atoms in total. The molecule has 0 saturated carbocycles. The van der Waals surface area contributed by atoms with Crippen molar-refractivity contribution in [1.82, 2.24) is 20.2 Å². The van der Waals surface area contributed by atoms with Gasteiger partial charge in [-0.1, -0.05) is 29.7 Å². The molecule has 0 amide bonds. The van der Waals surface area contributed by atoms with E-state index in [1.54, 1.807) is 4.68 Å². The summed E-state index contributed by atoms with van der Waals surface area (Å²) in [5.74, 6) is 0.779. The molecular formula is C15H21N5O. The van der Waals surface area contributed by atoms with Gasteiger partial charge in [-0.15, -0.1) is 0 Å². The van der Waals surface area contributed by atoms with E-state index in [4.69, 9.17) is 4.74 Å². The van der Waals surface area contributed by atoms with E-state index in [2.05, 4.69) is 53.3 Å². The summed E-state index contributed by atoms with van der Waals surface area (Å²) in [7, 11) is 0. The van der Waals surface area contributed by atoms with E-state index >= 15 is 0 Å². The third kappa shape index (κ3) is 2.76. The van der Waals surface area contributed by atoms with Gasteiger partial charge in [-0.2, -0.15) is 4.68 Å². The normalized spacial score (nSPS) is 22.5. The molecule has 1 aliphatic rings. The van der Waals surface area contributed by atoms with Gasteiger partial charge >= 0.3 is 0 Å². The molecule has 0 radical (unpaired) electrons. The Kier molecular flexibility index (Phi) is 3.63. The van der Waals surface area contributed by atoms with Crippen LogP contribution in [0.3, 0.4) is 0 Å². The van der Waals surface area contributed by atoms with E-state index in [9.17, 15) is 0 Å². The molecule has 6 heteroatoms. The van der Waals surface area contributed by atoms with Gasteiger partial charge in [-0.25, -0.2) is 0 Å². The first-order valence-electron chi connectivity index (χ1n) is 7.36. The van der Waals surface area contributed by atoms with Crippen LogP contribution in [0, 0.1) is 6.92 Å². The highest BCUT2D eigenvalue weighted by atomic mass is 16.5. The van der Waals surface area contributed by atoms with Gasteiger partial charge in [-0.05, 0) is 42.8 Å². The van der Waals surface area contributed by atoms with Crippen molar-refractivity contribution in [2.45, 2.75) is 32.8 Å². The molecule has 1 fully saturated rings. The number of ether oxygens (including phenoxy) is 1. The van der Waals surface area contributed by atoms with Crippen molar-refractivity contribution >= 4 is 5.95 Å². The molecule has 112 valence electrons. The van der Waals surface area contributed by atoms with Gasteiger partial charge in [-0.3, -0.25) is 0 Å². The van der Waals surface area contributed by atoms with Crippen LogP contribution in [0.5, 0.6) is 0 Å². The van der Waals surface area contributed by atoms with Gasteiger partial charge in [0.2, 0.25) is 0 Å². The van der Waals surface area contributed by atoms with Gasteiger partial charge < -0.3 is 9.64 Å². The van der Waals surface area contributed by atoms with Crippen LogP contribution in [0.4, 0.5) is 5.95 Å². The minimum Gasteiger partial charge on any atom is -0.372 e. The van der Waals surface area contributed by atoms with Crippen LogP contribution >= 0.6 is 0 Å². The summed E-state index contributed by atoms with van der Waals surface area (Å²) >= 11 is 0.